The molecule has 4 nitrogen and oxygen atoms in total. The fraction of sp³-hybridized carbons (Fsp3) is 0.933. The van der Waals surface area contributed by atoms with E-state index in [0.29, 0.717) is 5.91 Å². The highest BCUT2D eigenvalue weighted by atomic mass is 16.5. The summed E-state index contributed by atoms with van der Waals surface area (Å²) in [6, 6.07) is 0. The molecule has 0 aromatic heterocycles. The summed E-state index contributed by atoms with van der Waals surface area (Å²) < 4.78 is 5.34. The SMILES string of the molecule is O=C(CCCN1CCOCC1)N1C[C@@H]2CC[C@@H](C2)C1. The van der Waals surface area contributed by atoms with Crippen molar-refractivity contribution < 1.29 is 9.53 Å². The molecular weight excluding hydrogens is 240 g/mol. The van der Waals surface area contributed by atoms with Gasteiger partial charge in [0.2, 0.25) is 5.91 Å². The minimum absolute atomic E-state index is 0.393. The van der Waals surface area contributed by atoms with Crippen molar-refractivity contribution in [1.82, 2.24) is 9.80 Å². The van der Waals surface area contributed by atoms with Crippen molar-refractivity contribution in [2.24, 2.45) is 11.8 Å². The lowest BCUT2D eigenvalue weighted by Gasteiger charge is -2.32. The van der Waals surface area contributed by atoms with E-state index in [9.17, 15) is 4.79 Å². The summed E-state index contributed by atoms with van der Waals surface area (Å²) >= 11 is 0. The predicted molar refractivity (Wildman–Crippen MR) is 73.9 cm³/mol. The summed E-state index contributed by atoms with van der Waals surface area (Å²) in [6.45, 7) is 6.88. The van der Waals surface area contributed by atoms with Crippen LogP contribution in [0.5, 0.6) is 0 Å². The molecule has 0 radical (unpaired) electrons. The first-order valence-corrected chi connectivity index (χ1v) is 7.89. The molecule has 108 valence electrons. The molecule has 3 aliphatic rings. The van der Waals surface area contributed by atoms with E-state index in [1.54, 1.807) is 0 Å². The third-order valence-corrected chi connectivity index (χ3v) is 4.93. The van der Waals surface area contributed by atoms with E-state index >= 15 is 0 Å². The minimum Gasteiger partial charge on any atom is -0.379 e. The Morgan fingerprint density at radius 3 is 2.47 bits per heavy atom. The van der Waals surface area contributed by atoms with Gasteiger partial charge in [-0.3, -0.25) is 9.69 Å². The monoisotopic (exact) mass is 266 g/mol. The van der Waals surface area contributed by atoms with Crippen LogP contribution in [0.25, 0.3) is 0 Å². The molecule has 2 heterocycles. The van der Waals surface area contributed by atoms with Crippen molar-refractivity contribution in [2.45, 2.75) is 32.1 Å². The Morgan fingerprint density at radius 1 is 1.11 bits per heavy atom. The number of likely N-dealkylation sites (tertiary alicyclic amines) is 1. The molecule has 0 aromatic rings. The highest BCUT2D eigenvalue weighted by Crippen LogP contribution is 2.36. The molecule has 0 aromatic carbocycles. The van der Waals surface area contributed by atoms with Gasteiger partial charge in [0.15, 0.2) is 0 Å². The molecule has 2 atom stereocenters. The maximum atomic E-state index is 12.2. The van der Waals surface area contributed by atoms with Gasteiger partial charge >= 0.3 is 0 Å². The lowest BCUT2D eigenvalue weighted by atomic mass is 9.98. The molecule has 3 fully saturated rings. The molecule has 1 aliphatic carbocycles. The summed E-state index contributed by atoms with van der Waals surface area (Å²) in [6.07, 6.45) is 5.81. The maximum absolute atomic E-state index is 12.2. The molecule has 19 heavy (non-hydrogen) atoms. The van der Waals surface area contributed by atoms with Gasteiger partial charge < -0.3 is 9.64 Å². The smallest absolute Gasteiger partial charge is 0.222 e. The third kappa shape index (κ3) is 3.48. The molecule has 2 bridgehead atoms. The molecule has 2 saturated heterocycles. The molecular formula is C15H26N2O2. The fourth-order valence-corrected chi connectivity index (χ4v) is 3.85. The molecule has 3 rings (SSSR count). The largest absolute Gasteiger partial charge is 0.379 e. The van der Waals surface area contributed by atoms with Gasteiger partial charge in [0.1, 0.15) is 0 Å². The number of carbonyl (C=O) groups is 1. The topological polar surface area (TPSA) is 32.8 Å². The number of nitrogens with zero attached hydrogens (tertiary/aromatic N) is 2. The first-order chi connectivity index (χ1) is 9.31. The van der Waals surface area contributed by atoms with Crippen molar-refractivity contribution in [3.05, 3.63) is 0 Å². The molecule has 0 unspecified atom stereocenters. The number of carbonyl (C=O) groups excluding carboxylic acids is 1. The Labute approximate surface area is 116 Å². The van der Waals surface area contributed by atoms with E-state index in [4.69, 9.17) is 4.74 Å². The quantitative estimate of drug-likeness (QED) is 0.770. The number of morpholine rings is 1. The van der Waals surface area contributed by atoms with Crippen LogP contribution in [-0.2, 0) is 9.53 Å². The van der Waals surface area contributed by atoms with Crippen LogP contribution in [0.1, 0.15) is 32.1 Å². The average Bonchev–Trinajstić information content (AvgIpc) is 2.78. The molecule has 1 saturated carbocycles. The van der Waals surface area contributed by atoms with E-state index in [1.807, 2.05) is 0 Å². The van der Waals surface area contributed by atoms with Gasteiger partial charge in [0, 0.05) is 32.6 Å². The lowest BCUT2D eigenvalue weighted by Crippen LogP contribution is -2.41. The molecule has 0 N–H and O–H groups in total. The number of hydrogen-bond donors (Lipinski definition) is 0. The number of hydrogen-bond acceptors (Lipinski definition) is 3. The first-order valence-electron chi connectivity index (χ1n) is 7.89. The second-order valence-electron chi connectivity index (χ2n) is 6.40. The van der Waals surface area contributed by atoms with Crippen molar-refractivity contribution in [1.29, 1.82) is 0 Å². The van der Waals surface area contributed by atoms with Gasteiger partial charge in [0.05, 0.1) is 13.2 Å². The summed E-state index contributed by atoms with van der Waals surface area (Å²) in [7, 11) is 0. The Hall–Kier alpha value is -0.610. The zero-order valence-electron chi connectivity index (χ0n) is 11.9. The Kier molecular flexibility index (Phi) is 4.38. The highest BCUT2D eigenvalue weighted by molar-refractivity contribution is 5.76. The molecule has 1 amide bonds. The van der Waals surface area contributed by atoms with Gasteiger partial charge in [-0.15, -0.1) is 0 Å². The normalized spacial score (nSPS) is 31.7. The Bertz CT molecular complexity index is 303. The zero-order chi connectivity index (χ0) is 13.1. The summed E-state index contributed by atoms with van der Waals surface area (Å²) in [5, 5.41) is 0. The Morgan fingerprint density at radius 2 is 1.79 bits per heavy atom. The van der Waals surface area contributed by atoms with Gasteiger partial charge in [-0.25, -0.2) is 0 Å². The first kappa shape index (κ1) is 13.4. The van der Waals surface area contributed by atoms with Crippen molar-refractivity contribution in [3.8, 4) is 0 Å². The standard InChI is InChI=1S/C15H26N2O2/c18-15(2-1-5-16-6-8-19-9-7-16)17-11-13-3-4-14(10-13)12-17/h13-14H,1-12H2/t13-,14+. The van der Waals surface area contributed by atoms with E-state index in [1.165, 1.54) is 19.3 Å². The van der Waals surface area contributed by atoms with Gasteiger partial charge in [-0.2, -0.15) is 0 Å². The second-order valence-corrected chi connectivity index (χ2v) is 6.40. The number of amides is 1. The summed E-state index contributed by atoms with van der Waals surface area (Å²) in [5.74, 6) is 2.01. The van der Waals surface area contributed by atoms with Crippen LogP contribution in [-0.4, -0.2) is 61.6 Å². The third-order valence-electron chi connectivity index (χ3n) is 4.93. The number of rotatable bonds is 4. The molecule has 2 aliphatic heterocycles. The van der Waals surface area contributed by atoms with Gasteiger partial charge in [-0.05, 0) is 44.1 Å². The van der Waals surface area contributed by atoms with Crippen LogP contribution in [0.4, 0.5) is 0 Å². The maximum Gasteiger partial charge on any atom is 0.222 e. The van der Waals surface area contributed by atoms with Crippen molar-refractivity contribution >= 4 is 5.91 Å². The fourth-order valence-electron chi connectivity index (χ4n) is 3.85. The van der Waals surface area contributed by atoms with Crippen LogP contribution in [0, 0.1) is 11.8 Å². The van der Waals surface area contributed by atoms with Crippen LogP contribution >= 0.6 is 0 Å². The van der Waals surface area contributed by atoms with Crippen molar-refractivity contribution in [2.75, 3.05) is 45.9 Å². The molecule has 4 heteroatoms. The van der Waals surface area contributed by atoms with Crippen molar-refractivity contribution in [3.63, 3.8) is 0 Å². The number of piperidine rings is 1. The van der Waals surface area contributed by atoms with Crippen LogP contribution in [0.2, 0.25) is 0 Å². The van der Waals surface area contributed by atoms with Gasteiger partial charge in [0.25, 0.3) is 0 Å². The average molecular weight is 266 g/mol. The highest BCUT2D eigenvalue weighted by Gasteiger charge is 2.34. The van der Waals surface area contributed by atoms with E-state index in [0.717, 1.165) is 70.6 Å². The van der Waals surface area contributed by atoms with Gasteiger partial charge in [-0.1, -0.05) is 0 Å². The summed E-state index contributed by atoms with van der Waals surface area (Å²) in [4.78, 5) is 16.8. The zero-order valence-corrected chi connectivity index (χ0v) is 11.9. The number of ether oxygens (including phenoxy) is 1. The van der Waals surface area contributed by atoms with E-state index in [2.05, 4.69) is 9.80 Å². The van der Waals surface area contributed by atoms with Crippen LogP contribution in [0.3, 0.4) is 0 Å². The second kappa shape index (κ2) is 6.23. The lowest BCUT2D eigenvalue weighted by molar-refractivity contribution is -0.133. The van der Waals surface area contributed by atoms with E-state index < -0.39 is 0 Å². The Balaban J connectivity index is 1.36. The van der Waals surface area contributed by atoms with Crippen LogP contribution in [0.15, 0.2) is 0 Å². The minimum atomic E-state index is 0.393. The number of fused-ring (bicyclic) bond motifs is 2. The van der Waals surface area contributed by atoms with Crippen LogP contribution < -0.4 is 0 Å². The predicted octanol–water partition coefficient (Wildman–Crippen LogP) is 1.36. The van der Waals surface area contributed by atoms with E-state index in [-0.39, 0.29) is 0 Å². The molecule has 0 spiro atoms. The summed E-state index contributed by atoms with van der Waals surface area (Å²) in [5.41, 5.74) is 0.